The van der Waals surface area contributed by atoms with Crippen LogP contribution in [0.15, 0.2) is 12.3 Å². The molecule has 1 aromatic rings. The molecule has 0 aliphatic carbocycles. The molecule has 1 heterocycles. The fourth-order valence-electron chi connectivity index (χ4n) is 1.39. The Balaban J connectivity index is 2.88. The lowest BCUT2D eigenvalue weighted by Gasteiger charge is -2.26. The standard InChI is InChI=1S/C11H17ClN2O2/c1-11(2,16-3)5-9(15)8-4-7(12)6-14-10(8)13/h4,6,9,15H,5H2,1-3H3,(H2,13,14). The average molecular weight is 245 g/mol. The van der Waals surface area contributed by atoms with Crippen LogP contribution in [0.25, 0.3) is 0 Å². The first-order valence-electron chi connectivity index (χ1n) is 5.00. The topological polar surface area (TPSA) is 68.4 Å². The quantitative estimate of drug-likeness (QED) is 0.852. The third-order valence-corrected chi connectivity index (χ3v) is 2.72. The van der Waals surface area contributed by atoms with Crippen LogP contribution in [0.5, 0.6) is 0 Å². The van der Waals surface area contributed by atoms with Crippen LogP contribution in [-0.2, 0) is 4.74 Å². The maximum atomic E-state index is 10.0. The van der Waals surface area contributed by atoms with Crippen LogP contribution in [0.1, 0.15) is 31.9 Å². The molecule has 16 heavy (non-hydrogen) atoms. The molecule has 0 aliphatic rings. The number of aromatic nitrogens is 1. The minimum atomic E-state index is -0.735. The molecule has 0 saturated heterocycles. The number of hydrogen-bond acceptors (Lipinski definition) is 4. The molecular formula is C11H17ClN2O2. The second kappa shape index (κ2) is 4.99. The molecule has 0 radical (unpaired) electrons. The number of aliphatic hydroxyl groups excluding tert-OH is 1. The first-order chi connectivity index (χ1) is 7.35. The number of methoxy groups -OCH3 is 1. The Hall–Kier alpha value is -0.840. The molecule has 1 atom stereocenters. The van der Waals surface area contributed by atoms with Gasteiger partial charge in [-0.05, 0) is 19.9 Å². The molecule has 0 amide bonds. The van der Waals surface area contributed by atoms with Gasteiger partial charge in [-0.1, -0.05) is 11.6 Å². The second-order valence-corrected chi connectivity index (χ2v) is 4.75. The molecule has 0 aromatic carbocycles. The zero-order chi connectivity index (χ0) is 12.3. The first kappa shape index (κ1) is 13.2. The fourth-order valence-corrected chi connectivity index (χ4v) is 1.56. The minimum Gasteiger partial charge on any atom is -0.388 e. The van der Waals surface area contributed by atoms with Crippen molar-refractivity contribution in [2.75, 3.05) is 12.8 Å². The molecule has 90 valence electrons. The maximum absolute atomic E-state index is 10.0. The molecule has 0 aliphatic heterocycles. The van der Waals surface area contributed by atoms with Crippen molar-refractivity contribution in [3.05, 3.63) is 22.8 Å². The number of anilines is 1. The predicted octanol–water partition coefficient (Wildman–Crippen LogP) is 2.17. The van der Waals surface area contributed by atoms with E-state index in [1.807, 2.05) is 13.8 Å². The first-order valence-corrected chi connectivity index (χ1v) is 5.37. The Bertz CT molecular complexity index is 369. The average Bonchev–Trinajstić information content (AvgIpc) is 2.21. The monoisotopic (exact) mass is 244 g/mol. The number of ether oxygens (including phenoxy) is 1. The molecule has 3 N–H and O–H groups in total. The van der Waals surface area contributed by atoms with Crippen LogP contribution in [0.4, 0.5) is 5.82 Å². The van der Waals surface area contributed by atoms with Gasteiger partial charge in [0.05, 0.1) is 16.7 Å². The normalized spacial score (nSPS) is 13.8. The van der Waals surface area contributed by atoms with Gasteiger partial charge in [-0.25, -0.2) is 4.98 Å². The fraction of sp³-hybridized carbons (Fsp3) is 0.545. The van der Waals surface area contributed by atoms with Gasteiger partial charge in [-0.15, -0.1) is 0 Å². The van der Waals surface area contributed by atoms with E-state index in [1.54, 1.807) is 13.2 Å². The summed E-state index contributed by atoms with van der Waals surface area (Å²) in [4.78, 5) is 3.90. The second-order valence-electron chi connectivity index (χ2n) is 4.31. The molecule has 0 saturated carbocycles. The van der Waals surface area contributed by atoms with Crippen LogP contribution in [0.2, 0.25) is 5.02 Å². The third-order valence-electron chi connectivity index (χ3n) is 2.51. The van der Waals surface area contributed by atoms with E-state index in [-0.39, 0.29) is 0 Å². The Morgan fingerprint density at radius 3 is 2.81 bits per heavy atom. The molecule has 1 rings (SSSR count). The van der Waals surface area contributed by atoms with E-state index in [1.165, 1.54) is 6.20 Å². The molecule has 5 heteroatoms. The lowest BCUT2D eigenvalue weighted by Crippen LogP contribution is -2.25. The van der Waals surface area contributed by atoms with Gasteiger partial charge in [0.15, 0.2) is 0 Å². The highest BCUT2D eigenvalue weighted by atomic mass is 35.5. The van der Waals surface area contributed by atoms with Crippen LogP contribution >= 0.6 is 11.6 Å². The Kier molecular flexibility index (Phi) is 4.13. The lowest BCUT2D eigenvalue weighted by atomic mass is 9.96. The molecule has 1 aromatic heterocycles. The molecule has 4 nitrogen and oxygen atoms in total. The smallest absolute Gasteiger partial charge is 0.129 e. The molecule has 0 fully saturated rings. The van der Waals surface area contributed by atoms with Crippen molar-refractivity contribution in [2.24, 2.45) is 0 Å². The van der Waals surface area contributed by atoms with Gasteiger partial charge < -0.3 is 15.6 Å². The van der Waals surface area contributed by atoms with Crippen molar-refractivity contribution in [2.45, 2.75) is 32.0 Å². The van der Waals surface area contributed by atoms with Crippen molar-refractivity contribution in [1.82, 2.24) is 4.98 Å². The van der Waals surface area contributed by atoms with Gasteiger partial charge in [0.1, 0.15) is 5.82 Å². The summed E-state index contributed by atoms with van der Waals surface area (Å²) < 4.78 is 5.25. The number of halogens is 1. The number of aliphatic hydroxyl groups is 1. The van der Waals surface area contributed by atoms with Gasteiger partial charge in [-0.3, -0.25) is 0 Å². The number of pyridine rings is 1. The largest absolute Gasteiger partial charge is 0.388 e. The van der Waals surface area contributed by atoms with E-state index in [9.17, 15) is 5.11 Å². The summed E-state index contributed by atoms with van der Waals surface area (Å²) in [5, 5.41) is 10.5. The zero-order valence-corrected chi connectivity index (χ0v) is 10.5. The van der Waals surface area contributed by atoms with E-state index in [0.717, 1.165) is 0 Å². The Labute approximate surface area is 100 Å². The van der Waals surface area contributed by atoms with Gasteiger partial charge in [-0.2, -0.15) is 0 Å². The molecule has 1 unspecified atom stereocenters. The van der Waals surface area contributed by atoms with Crippen molar-refractivity contribution in [3.63, 3.8) is 0 Å². The van der Waals surface area contributed by atoms with Crippen molar-refractivity contribution in [1.29, 1.82) is 0 Å². The van der Waals surface area contributed by atoms with E-state index in [4.69, 9.17) is 22.1 Å². The van der Waals surface area contributed by atoms with E-state index in [2.05, 4.69) is 4.98 Å². The number of rotatable bonds is 4. The summed E-state index contributed by atoms with van der Waals surface area (Å²) in [5.41, 5.74) is 5.80. The van der Waals surface area contributed by atoms with Crippen molar-refractivity contribution < 1.29 is 9.84 Å². The highest BCUT2D eigenvalue weighted by molar-refractivity contribution is 6.30. The molecule has 0 bridgehead atoms. The summed E-state index contributed by atoms with van der Waals surface area (Å²) in [6.07, 6.45) is 1.14. The SMILES string of the molecule is COC(C)(C)CC(O)c1cc(Cl)cnc1N. The van der Waals surface area contributed by atoms with Gasteiger partial charge >= 0.3 is 0 Å². The zero-order valence-electron chi connectivity index (χ0n) is 9.70. The maximum Gasteiger partial charge on any atom is 0.129 e. The van der Waals surface area contributed by atoms with Gasteiger partial charge in [0, 0.05) is 25.3 Å². The summed E-state index contributed by atoms with van der Waals surface area (Å²) in [6.45, 7) is 3.79. The van der Waals surface area contributed by atoms with Crippen molar-refractivity contribution >= 4 is 17.4 Å². The summed E-state index contributed by atoms with van der Waals surface area (Å²) in [6, 6.07) is 1.63. The van der Waals surface area contributed by atoms with E-state index >= 15 is 0 Å². The molecule has 0 spiro atoms. The Morgan fingerprint density at radius 1 is 1.62 bits per heavy atom. The Morgan fingerprint density at radius 2 is 2.25 bits per heavy atom. The molecular weight excluding hydrogens is 228 g/mol. The summed E-state index contributed by atoms with van der Waals surface area (Å²) in [5.74, 6) is 0.295. The van der Waals surface area contributed by atoms with Crippen LogP contribution in [0.3, 0.4) is 0 Å². The van der Waals surface area contributed by atoms with E-state index in [0.29, 0.717) is 22.8 Å². The predicted molar refractivity (Wildman–Crippen MR) is 64.3 cm³/mol. The highest BCUT2D eigenvalue weighted by Gasteiger charge is 2.24. The van der Waals surface area contributed by atoms with E-state index < -0.39 is 11.7 Å². The van der Waals surface area contributed by atoms with Crippen LogP contribution in [0, 0.1) is 0 Å². The number of nitrogens with two attached hydrogens (primary N) is 1. The van der Waals surface area contributed by atoms with Gasteiger partial charge in [0.25, 0.3) is 0 Å². The lowest BCUT2D eigenvalue weighted by molar-refractivity contribution is -0.0199. The third kappa shape index (κ3) is 3.33. The van der Waals surface area contributed by atoms with Crippen LogP contribution < -0.4 is 5.73 Å². The number of nitrogen functional groups attached to an aromatic ring is 1. The minimum absolute atomic E-state index is 0.295. The number of nitrogens with zero attached hydrogens (tertiary/aromatic N) is 1. The van der Waals surface area contributed by atoms with Crippen LogP contribution in [-0.4, -0.2) is 22.8 Å². The summed E-state index contributed by atoms with van der Waals surface area (Å²) in [7, 11) is 1.60. The number of hydrogen-bond donors (Lipinski definition) is 2. The van der Waals surface area contributed by atoms with Crippen molar-refractivity contribution in [3.8, 4) is 0 Å². The highest BCUT2D eigenvalue weighted by Crippen LogP contribution is 2.29. The van der Waals surface area contributed by atoms with Gasteiger partial charge in [0.2, 0.25) is 0 Å². The summed E-state index contributed by atoms with van der Waals surface area (Å²) >= 11 is 5.81.